The second kappa shape index (κ2) is 8.31. The van der Waals surface area contributed by atoms with Crippen molar-refractivity contribution in [2.24, 2.45) is 16.1 Å². The third kappa shape index (κ3) is 4.02. The molecule has 0 radical (unpaired) electrons. The summed E-state index contributed by atoms with van der Waals surface area (Å²) in [5.74, 6) is -1.64. The lowest BCUT2D eigenvalue weighted by molar-refractivity contribution is -0.123. The van der Waals surface area contributed by atoms with Crippen molar-refractivity contribution in [1.82, 2.24) is 10.6 Å². The van der Waals surface area contributed by atoms with Crippen LogP contribution in [0.2, 0.25) is 0 Å². The van der Waals surface area contributed by atoms with Crippen molar-refractivity contribution in [3.63, 3.8) is 0 Å². The van der Waals surface area contributed by atoms with E-state index in [4.69, 9.17) is 11.6 Å². The molecule has 4 rings (SSSR count). The Labute approximate surface area is 172 Å². The molecule has 1 fully saturated rings. The van der Waals surface area contributed by atoms with Crippen LogP contribution in [0.1, 0.15) is 32.1 Å². The molecule has 1 saturated carbocycles. The molecule has 29 heavy (non-hydrogen) atoms. The molecule has 2 heterocycles. The Balaban J connectivity index is 1.62. The molecule has 2 aliphatic carbocycles. The van der Waals surface area contributed by atoms with E-state index in [9.17, 15) is 14.1 Å². The SMILES string of the molecule is O=NC(=O)[C@H]1CCCCC1NC1=C(F)C=C=CC(=C2C=NC3CC=C(Cl)C=C23)N1. The molecule has 150 valence electrons. The molecule has 2 N–H and O–H groups in total. The van der Waals surface area contributed by atoms with Gasteiger partial charge in [0.1, 0.15) is 5.82 Å². The van der Waals surface area contributed by atoms with E-state index in [1.807, 2.05) is 12.2 Å². The van der Waals surface area contributed by atoms with Crippen molar-refractivity contribution in [3.8, 4) is 0 Å². The van der Waals surface area contributed by atoms with Gasteiger partial charge in [0.25, 0.3) is 5.91 Å². The van der Waals surface area contributed by atoms with Crippen molar-refractivity contribution in [1.29, 1.82) is 0 Å². The van der Waals surface area contributed by atoms with Crippen LogP contribution in [0.25, 0.3) is 0 Å². The van der Waals surface area contributed by atoms with E-state index in [1.165, 1.54) is 6.08 Å². The summed E-state index contributed by atoms with van der Waals surface area (Å²) in [5.41, 5.74) is 5.25. The fourth-order valence-corrected chi connectivity index (χ4v) is 4.33. The van der Waals surface area contributed by atoms with Crippen LogP contribution >= 0.6 is 11.6 Å². The average Bonchev–Trinajstić information content (AvgIpc) is 3.06. The number of hydrogen-bond acceptors (Lipinski definition) is 5. The van der Waals surface area contributed by atoms with Gasteiger partial charge in [-0.05, 0) is 30.9 Å². The first kappa shape index (κ1) is 19.6. The fourth-order valence-electron chi connectivity index (χ4n) is 4.12. The highest BCUT2D eigenvalue weighted by Crippen LogP contribution is 2.33. The van der Waals surface area contributed by atoms with Gasteiger partial charge in [-0.2, -0.15) is 0 Å². The molecule has 6 nitrogen and oxygen atoms in total. The summed E-state index contributed by atoms with van der Waals surface area (Å²) in [6.07, 6.45) is 12.1. The first-order valence-electron chi connectivity index (χ1n) is 9.65. The molecule has 0 aromatic rings. The fraction of sp³-hybridized carbons (Fsp3) is 0.381. The summed E-state index contributed by atoms with van der Waals surface area (Å²) in [7, 11) is 0. The van der Waals surface area contributed by atoms with E-state index < -0.39 is 17.7 Å². The number of nitrogens with zero attached hydrogens (tertiary/aromatic N) is 2. The van der Waals surface area contributed by atoms with Gasteiger partial charge >= 0.3 is 0 Å². The molecular weight excluding hydrogens is 395 g/mol. The Hall–Kier alpha value is -2.76. The summed E-state index contributed by atoms with van der Waals surface area (Å²) in [4.78, 5) is 27.2. The number of carbonyl (C=O) groups is 1. The lowest BCUT2D eigenvalue weighted by Gasteiger charge is -2.31. The molecule has 2 unspecified atom stereocenters. The van der Waals surface area contributed by atoms with Crippen LogP contribution < -0.4 is 10.6 Å². The first-order valence-corrected chi connectivity index (χ1v) is 10.0. The second-order valence-corrected chi connectivity index (χ2v) is 7.86. The predicted octanol–water partition coefficient (Wildman–Crippen LogP) is 4.04. The van der Waals surface area contributed by atoms with Crippen LogP contribution in [0.5, 0.6) is 0 Å². The van der Waals surface area contributed by atoms with Gasteiger partial charge in [-0.1, -0.05) is 30.5 Å². The summed E-state index contributed by atoms with van der Waals surface area (Å²) >= 11 is 6.17. The Morgan fingerprint density at radius 3 is 3.00 bits per heavy atom. The lowest BCUT2D eigenvalue weighted by atomic mass is 9.84. The van der Waals surface area contributed by atoms with E-state index in [1.54, 1.807) is 12.3 Å². The quantitative estimate of drug-likeness (QED) is 0.539. The molecule has 1 amide bonds. The standard InChI is InChI=1S/C21H20ClFN4O2/c22-12-8-9-17-14(10-12)15(11-24-17)19-7-3-5-16(23)20(26-19)25-18-6-2-1-4-13(18)21(28)27-29/h5,7-8,10-11,13,17-18,25-26H,1-2,4,6,9H2/t13-,17?,18?/m0/s1. The number of aliphatic imine (C=N–C) groups is 1. The normalized spacial score (nSPS) is 30.9. The molecule has 0 aromatic carbocycles. The van der Waals surface area contributed by atoms with Crippen LogP contribution in [-0.2, 0) is 4.79 Å². The van der Waals surface area contributed by atoms with Crippen LogP contribution in [0.15, 0.2) is 73.7 Å². The molecule has 8 heteroatoms. The van der Waals surface area contributed by atoms with Gasteiger partial charge in [-0.25, -0.2) is 4.39 Å². The highest BCUT2D eigenvalue weighted by molar-refractivity contribution is 6.31. The number of halogens is 2. The number of rotatable bonds is 3. The van der Waals surface area contributed by atoms with Crippen molar-refractivity contribution in [2.45, 2.75) is 44.2 Å². The number of nitrogens with one attached hydrogen (secondary N) is 2. The van der Waals surface area contributed by atoms with Crippen LogP contribution in [0.3, 0.4) is 0 Å². The average molecular weight is 415 g/mol. The van der Waals surface area contributed by atoms with Crippen LogP contribution in [0, 0.1) is 10.8 Å². The molecule has 0 aromatic heterocycles. The maximum Gasteiger partial charge on any atom is 0.291 e. The number of amides is 1. The van der Waals surface area contributed by atoms with Gasteiger partial charge in [0.2, 0.25) is 0 Å². The molecule has 0 spiro atoms. The summed E-state index contributed by atoms with van der Waals surface area (Å²) in [6.45, 7) is 0. The van der Waals surface area contributed by atoms with Gasteiger partial charge in [0.05, 0.1) is 17.7 Å². The molecular formula is C21H20ClFN4O2. The topological polar surface area (TPSA) is 82.9 Å². The van der Waals surface area contributed by atoms with Gasteiger partial charge in [0.15, 0.2) is 5.83 Å². The van der Waals surface area contributed by atoms with Gasteiger partial charge in [-0.15, -0.1) is 10.6 Å². The van der Waals surface area contributed by atoms with E-state index >= 15 is 0 Å². The zero-order valence-electron chi connectivity index (χ0n) is 15.6. The van der Waals surface area contributed by atoms with Crippen LogP contribution in [-0.4, -0.2) is 24.2 Å². The monoisotopic (exact) mass is 414 g/mol. The van der Waals surface area contributed by atoms with E-state index in [2.05, 4.69) is 26.5 Å². The van der Waals surface area contributed by atoms with Crippen molar-refractivity contribution in [3.05, 3.63) is 68.5 Å². The number of nitroso groups, excluding NO2 is 1. The number of hydrogen-bond donors (Lipinski definition) is 2. The lowest BCUT2D eigenvalue weighted by Crippen LogP contribution is -2.44. The Kier molecular flexibility index (Phi) is 5.60. The van der Waals surface area contributed by atoms with Crippen molar-refractivity contribution >= 4 is 23.7 Å². The maximum absolute atomic E-state index is 14.7. The van der Waals surface area contributed by atoms with Gasteiger partial charge in [-0.3, -0.25) is 9.79 Å². The minimum absolute atomic E-state index is 0.00619. The van der Waals surface area contributed by atoms with E-state index in [0.717, 1.165) is 30.4 Å². The third-order valence-electron chi connectivity index (χ3n) is 5.61. The molecule has 3 atom stereocenters. The van der Waals surface area contributed by atoms with E-state index in [-0.39, 0.29) is 17.9 Å². The van der Waals surface area contributed by atoms with Crippen LogP contribution in [0.4, 0.5) is 4.39 Å². The van der Waals surface area contributed by atoms with Crippen molar-refractivity contribution < 1.29 is 9.18 Å². The molecule has 4 aliphatic rings. The van der Waals surface area contributed by atoms with Gasteiger partial charge < -0.3 is 10.6 Å². The maximum atomic E-state index is 14.7. The Morgan fingerprint density at radius 1 is 1.34 bits per heavy atom. The highest BCUT2D eigenvalue weighted by Gasteiger charge is 2.33. The number of carbonyl (C=O) groups excluding carboxylic acids is 1. The Morgan fingerprint density at radius 2 is 2.17 bits per heavy atom. The van der Waals surface area contributed by atoms with Crippen molar-refractivity contribution in [2.75, 3.05) is 0 Å². The highest BCUT2D eigenvalue weighted by atomic mass is 35.5. The summed E-state index contributed by atoms with van der Waals surface area (Å²) in [6, 6.07) is -0.358. The molecule has 0 saturated heterocycles. The zero-order chi connectivity index (χ0) is 20.4. The zero-order valence-corrected chi connectivity index (χ0v) is 16.4. The summed E-state index contributed by atoms with van der Waals surface area (Å²) in [5, 5.41) is 9.42. The molecule has 2 aliphatic heterocycles. The smallest absolute Gasteiger partial charge is 0.291 e. The minimum Gasteiger partial charge on any atom is -0.366 e. The number of allylic oxidation sites excluding steroid dienone is 4. The number of fused-ring (bicyclic) bond motifs is 1. The predicted molar refractivity (Wildman–Crippen MR) is 110 cm³/mol. The summed E-state index contributed by atoms with van der Waals surface area (Å²) < 4.78 is 14.7. The van der Waals surface area contributed by atoms with E-state index in [0.29, 0.717) is 23.6 Å². The third-order valence-corrected chi connectivity index (χ3v) is 5.88. The first-order chi connectivity index (χ1) is 14.1. The largest absolute Gasteiger partial charge is 0.366 e. The van der Waals surface area contributed by atoms with Gasteiger partial charge in [0, 0.05) is 40.2 Å². The molecule has 0 bridgehead atoms. The second-order valence-electron chi connectivity index (χ2n) is 7.42. The minimum atomic E-state index is -0.691. The Bertz CT molecular complexity index is 969.